The van der Waals surface area contributed by atoms with Gasteiger partial charge in [0.05, 0.1) is 11.7 Å². The quantitative estimate of drug-likeness (QED) is 0.843. The molecule has 0 aromatic carbocycles. The first-order valence-corrected chi connectivity index (χ1v) is 6.48. The minimum atomic E-state index is 0.104. The second-order valence-electron chi connectivity index (χ2n) is 4.38. The average molecular weight is 239 g/mol. The number of likely N-dealkylation sites (tertiary alicyclic amines) is 1. The van der Waals surface area contributed by atoms with Crippen molar-refractivity contribution < 1.29 is 4.79 Å². The van der Waals surface area contributed by atoms with Gasteiger partial charge in [0.25, 0.3) is 5.91 Å². The van der Waals surface area contributed by atoms with Crippen molar-refractivity contribution >= 4 is 17.2 Å². The van der Waals surface area contributed by atoms with Gasteiger partial charge in [0.1, 0.15) is 4.88 Å². The van der Waals surface area contributed by atoms with Gasteiger partial charge >= 0.3 is 0 Å². The summed E-state index contributed by atoms with van der Waals surface area (Å²) in [5, 5.41) is 0. The molecular formula is C11H17N3OS. The molecule has 16 heavy (non-hydrogen) atoms. The van der Waals surface area contributed by atoms with Gasteiger partial charge in [-0.3, -0.25) is 9.78 Å². The Balaban J connectivity index is 2.03. The molecule has 1 saturated heterocycles. The van der Waals surface area contributed by atoms with Crippen molar-refractivity contribution in [3.63, 3.8) is 0 Å². The molecule has 0 saturated carbocycles. The Kier molecular flexibility index (Phi) is 3.56. The fraction of sp³-hybridized carbons (Fsp3) is 0.636. The Labute approximate surface area is 99.5 Å². The van der Waals surface area contributed by atoms with Gasteiger partial charge < -0.3 is 10.6 Å². The lowest BCUT2D eigenvalue weighted by molar-refractivity contribution is 0.0623. The number of hydrogen-bond donors (Lipinski definition) is 1. The van der Waals surface area contributed by atoms with Crippen LogP contribution in [0.1, 0.15) is 23.0 Å². The van der Waals surface area contributed by atoms with Crippen LogP contribution in [0, 0.1) is 11.8 Å². The number of nitrogens with zero attached hydrogens (tertiary/aromatic N) is 2. The second-order valence-corrected chi connectivity index (χ2v) is 5.26. The van der Waals surface area contributed by atoms with E-state index in [0.717, 1.165) is 24.4 Å². The minimum absolute atomic E-state index is 0.104. The number of amides is 1. The van der Waals surface area contributed by atoms with Gasteiger partial charge in [-0.05, 0) is 24.8 Å². The van der Waals surface area contributed by atoms with Crippen LogP contribution in [0.5, 0.6) is 0 Å². The zero-order chi connectivity index (χ0) is 11.5. The molecule has 0 radical (unpaired) electrons. The molecule has 1 aliphatic heterocycles. The number of aromatic nitrogens is 1. The average Bonchev–Trinajstić information content (AvgIpc) is 2.82. The first-order valence-electron chi connectivity index (χ1n) is 5.60. The van der Waals surface area contributed by atoms with Crippen LogP contribution in [0.4, 0.5) is 0 Å². The fourth-order valence-electron chi connectivity index (χ4n) is 2.12. The molecule has 2 heterocycles. The van der Waals surface area contributed by atoms with E-state index in [1.807, 2.05) is 4.90 Å². The number of thiazole rings is 1. The van der Waals surface area contributed by atoms with Crippen molar-refractivity contribution in [2.45, 2.75) is 13.3 Å². The van der Waals surface area contributed by atoms with Crippen LogP contribution < -0.4 is 5.73 Å². The minimum Gasteiger partial charge on any atom is -0.338 e. The van der Waals surface area contributed by atoms with Crippen molar-refractivity contribution in [2.75, 3.05) is 19.6 Å². The molecular weight excluding hydrogens is 222 g/mol. The van der Waals surface area contributed by atoms with Crippen LogP contribution >= 0.6 is 11.3 Å². The van der Waals surface area contributed by atoms with Crippen LogP contribution in [0.2, 0.25) is 0 Å². The summed E-state index contributed by atoms with van der Waals surface area (Å²) in [5.41, 5.74) is 7.42. The van der Waals surface area contributed by atoms with Gasteiger partial charge in [-0.25, -0.2) is 0 Å². The predicted octanol–water partition coefficient (Wildman–Crippen LogP) is 1.20. The number of rotatable bonds is 2. The third-order valence-electron chi connectivity index (χ3n) is 3.35. The molecule has 5 heteroatoms. The van der Waals surface area contributed by atoms with Crippen molar-refractivity contribution in [3.8, 4) is 0 Å². The van der Waals surface area contributed by atoms with E-state index in [1.54, 1.807) is 11.7 Å². The summed E-state index contributed by atoms with van der Waals surface area (Å²) in [5.74, 6) is 1.16. The number of nitrogens with two attached hydrogens (primary N) is 1. The Morgan fingerprint density at radius 2 is 2.56 bits per heavy atom. The Hall–Kier alpha value is -0.940. The Bertz CT molecular complexity index is 352. The lowest BCUT2D eigenvalue weighted by atomic mass is 9.87. The SMILES string of the molecule is CC1CCN(C(=O)c2cncs2)CC1CN. The van der Waals surface area contributed by atoms with Gasteiger partial charge in [-0.15, -0.1) is 11.3 Å². The normalized spacial score (nSPS) is 25.8. The molecule has 88 valence electrons. The van der Waals surface area contributed by atoms with Crippen LogP contribution in [-0.4, -0.2) is 35.4 Å². The van der Waals surface area contributed by atoms with Gasteiger partial charge in [0, 0.05) is 13.1 Å². The lowest BCUT2D eigenvalue weighted by Gasteiger charge is -2.36. The molecule has 2 rings (SSSR count). The highest BCUT2D eigenvalue weighted by Crippen LogP contribution is 2.24. The van der Waals surface area contributed by atoms with E-state index in [-0.39, 0.29) is 5.91 Å². The molecule has 1 aromatic heterocycles. The smallest absolute Gasteiger partial charge is 0.265 e. The molecule has 1 amide bonds. The maximum Gasteiger partial charge on any atom is 0.265 e. The summed E-state index contributed by atoms with van der Waals surface area (Å²) in [4.78, 5) is 18.7. The highest BCUT2D eigenvalue weighted by molar-refractivity contribution is 7.11. The molecule has 0 spiro atoms. The Morgan fingerprint density at radius 3 is 3.19 bits per heavy atom. The Morgan fingerprint density at radius 1 is 1.75 bits per heavy atom. The van der Waals surface area contributed by atoms with Crippen molar-refractivity contribution in [1.82, 2.24) is 9.88 Å². The van der Waals surface area contributed by atoms with E-state index in [4.69, 9.17) is 5.73 Å². The van der Waals surface area contributed by atoms with E-state index in [1.165, 1.54) is 11.3 Å². The summed E-state index contributed by atoms with van der Waals surface area (Å²) in [7, 11) is 0. The number of carbonyl (C=O) groups excluding carboxylic acids is 1. The molecule has 2 atom stereocenters. The summed E-state index contributed by atoms with van der Waals surface area (Å²) in [6, 6.07) is 0. The van der Waals surface area contributed by atoms with E-state index >= 15 is 0 Å². The first-order chi connectivity index (χ1) is 7.72. The fourth-order valence-corrected chi connectivity index (χ4v) is 2.70. The van der Waals surface area contributed by atoms with Crippen LogP contribution in [0.25, 0.3) is 0 Å². The standard InChI is InChI=1S/C11H17N3OS/c1-8-2-3-14(6-9(8)4-12)11(15)10-5-13-7-16-10/h5,7-9H,2-4,6,12H2,1H3. The largest absolute Gasteiger partial charge is 0.338 e. The van der Waals surface area contributed by atoms with Gasteiger partial charge in [-0.1, -0.05) is 6.92 Å². The highest BCUT2D eigenvalue weighted by atomic mass is 32.1. The predicted molar refractivity (Wildman–Crippen MR) is 64.3 cm³/mol. The van der Waals surface area contributed by atoms with Crippen molar-refractivity contribution in [1.29, 1.82) is 0 Å². The van der Waals surface area contributed by atoms with Crippen molar-refractivity contribution in [2.24, 2.45) is 17.6 Å². The summed E-state index contributed by atoms with van der Waals surface area (Å²) < 4.78 is 0. The number of carbonyl (C=O) groups is 1. The molecule has 2 N–H and O–H groups in total. The van der Waals surface area contributed by atoms with Crippen LogP contribution in [0.15, 0.2) is 11.7 Å². The molecule has 0 bridgehead atoms. The van der Waals surface area contributed by atoms with E-state index in [9.17, 15) is 4.79 Å². The second kappa shape index (κ2) is 4.93. The van der Waals surface area contributed by atoms with Gasteiger partial charge in [0.2, 0.25) is 0 Å². The molecule has 1 aromatic rings. The van der Waals surface area contributed by atoms with E-state index in [2.05, 4.69) is 11.9 Å². The summed E-state index contributed by atoms with van der Waals surface area (Å²) >= 11 is 1.40. The lowest BCUT2D eigenvalue weighted by Crippen LogP contribution is -2.45. The molecule has 1 fully saturated rings. The van der Waals surface area contributed by atoms with Gasteiger partial charge in [0.15, 0.2) is 0 Å². The van der Waals surface area contributed by atoms with E-state index in [0.29, 0.717) is 18.4 Å². The maximum absolute atomic E-state index is 12.1. The number of hydrogen-bond acceptors (Lipinski definition) is 4. The zero-order valence-electron chi connectivity index (χ0n) is 9.43. The molecule has 4 nitrogen and oxygen atoms in total. The molecule has 0 aliphatic carbocycles. The van der Waals surface area contributed by atoms with Crippen molar-refractivity contribution in [3.05, 3.63) is 16.6 Å². The third kappa shape index (κ3) is 2.25. The topological polar surface area (TPSA) is 59.2 Å². The maximum atomic E-state index is 12.1. The first kappa shape index (κ1) is 11.5. The monoisotopic (exact) mass is 239 g/mol. The zero-order valence-corrected chi connectivity index (χ0v) is 10.2. The van der Waals surface area contributed by atoms with E-state index < -0.39 is 0 Å². The summed E-state index contributed by atoms with van der Waals surface area (Å²) in [6.45, 7) is 4.50. The highest BCUT2D eigenvalue weighted by Gasteiger charge is 2.28. The van der Waals surface area contributed by atoms with Crippen LogP contribution in [-0.2, 0) is 0 Å². The third-order valence-corrected chi connectivity index (χ3v) is 4.11. The molecule has 1 aliphatic rings. The van der Waals surface area contributed by atoms with Gasteiger partial charge in [-0.2, -0.15) is 0 Å². The number of piperidine rings is 1. The summed E-state index contributed by atoms with van der Waals surface area (Å²) in [6.07, 6.45) is 2.69. The van der Waals surface area contributed by atoms with Crippen LogP contribution in [0.3, 0.4) is 0 Å². The molecule has 2 unspecified atom stereocenters.